The van der Waals surface area contributed by atoms with Crippen LogP contribution in [-0.4, -0.2) is 66.1 Å². The summed E-state index contributed by atoms with van der Waals surface area (Å²) >= 11 is 6.75. The van der Waals surface area contributed by atoms with Crippen LogP contribution in [0.5, 0.6) is 0 Å². The first-order valence-corrected chi connectivity index (χ1v) is 13.4. The molecule has 2 aromatic carbocycles. The minimum Gasteiger partial charge on any atom is -0.511 e. The Balaban J connectivity index is 2.01. The fourth-order valence-electron chi connectivity index (χ4n) is 5.17. The molecular weight excluding hydrogens is 520 g/mol. The van der Waals surface area contributed by atoms with Crippen molar-refractivity contribution in [3.63, 3.8) is 0 Å². The Morgan fingerprint density at radius 2 is 2.05 bits per heavy atom. The number of nitrogens with zero attached hydrogens (tertiary/aromatic N) is 1. The number of aliphatic hydroxyl groups excluding tert-OH is 1. The van der Waals surface area contributed by atoms with Crippen molar-refractivity contribution in [1.82, 2.24) is 10.2 Å². The van der Waals surface area contributed by atoms with Gasteiger partial charge in [0.05, 0.1) is 19.3 Å². The molecule has 1 saturated heterocycles. The molecule has 1 aliphatic rings. The Hall–Kier alpha value is -3.40. The third kappa shape index (κ3) is 7.38. The number of benzene rings is 2. The largest absolute Gasteiger partial charge is 0.511 e. The van der Waals surface area contributed by atoms with Gasteiger partial charge in [0.1, 0.15) is 11.5 Å². The van der Waals surface area contributed by atoms with E-state index in [1.165, 1.54) is 12.0 Å². The lowest BCUT2D eigenvalue weighted by Crippen LogP contribution is -2.50. The first-order chi connectivity index (χ1) is 18.6. The number of methoxy groups -OCH3 is 1. The summed E-state index contributed by atoms with van der Waals surface area (Å²) in [5.74, 6) is -1.17. The number of ether oxygens (including phenoxy) is 1. The number of nitrogens with one attached hydrogen (secondary N) is 2. The van der Waals surface area contributed by atoms with E-state index in [-0.39, 0.29) is 36.9 Å². The number of likely N-dealkylation sites (tertiary alicyclic amines) is 1. The van der Waals surface area contributed by atoms with Gasteiger partial charge in [0.25, 0.3) is 5.91 Å². The van der Waals surface area contributed by atoms with Gasteiger partial charge in [-0.15, -0.1) is 0 Å². The van der Waals surface area contributed by atoms with Gasteiger partial charge in [-0.25, -0.2) is 4.79 Å². The second kappa shape index (κ2) is 13.6. The molecule has 1 heterocycles. The van der Waals surface area contributed by atoms with Crippen LogP contribution >= 0.6 is 11.6 Å². The maximum atomic E-state index is 13.0. The molecule has 210 valence electrons. The lowest BCUT2D eigenvalue weighted by atomic mass is 9.72. The number of hydrogen-bond acceptors (Lipinski definition) is 7. The fraction of sp³-hybridized carbons (Fsp3) is 0.414. The number of amides is 2. The van der Waals surface area contributed by atoms with Crippen molar-refractivity contribution in [2.24, 2.45) is 11.7 Å². The number of alkyl carbamates (subject to hydrolysis) is 1. The average molecular weight is 557 g/mol. The van der Waals surface area contributed by atoms with Crippen LogP contribution in [0.1, 0.15) is 36.8 Å². The second-order valence-corrected chi connectivity index (χ2v) is 10.2. The van der Waals surface area contributed by atoms with Gasteiger partial charge in [-0.2, -0.15) is 0 Å². The Labute approximate surface area is 234 Å². The highest BCUT2D eigenvalue weighted by Gasteiger charge is 2.43. The van der Waals surface area contributed by atoms with Crippen molar-refractivity contribution in [1.29, 1.82) is 5.41 Å². The fourth-order valence-corrected chi connectivity index (χ4v) is 5.45. The van der Waals surface area contributed by atoms with E-state index in [4.69, 9.17) is 22.7 Å². The van der Waals surface area contributed by atoms with Gasteiger partial charge in [0.15, 0.2) is 0 Å². The van der Waals surface area contributed by atoms with Crippen molar-refractivity contribution in [2.75, 3.05) is 33.3 Å². The smallest absolute Gasteiger partial charge is 0.406 e. The van der Waals surface area contributed by atoms with Gasteiger partial charge in [-0.1, -0.05) is 53.6 Å². The normalized spacial score (nSPS) is 17.3. The molecule has 0 unspecified atom stereocenters. The van der Waals surface area contributed by atoms with Crippen LogP contribution in [0, 0.1) is 18.3 Å². The number of halogens is 1. The third-order valence-electron chi connectivity index (χ3n) is 7.11. The molecule has 9 nitrogen and oxygen atoms in total. The monoisotopic (exact) mass is 556 g/mol. The highest BCUT2D eigenvalue weighted by atomic mass is 35.5. The highest BCUT2D eigenvalue weighted by Crippen LogP contribution is 2.45. The molecule has 2 atom stereocenters. The zero-order valence-corrected chi connectivity index (χ0v) is 23.1. The van der Waals surface area contributed by atoms with Crippen molar-refractivity contribution >= 4 is 29.3 Å². The average Bonchev–Trinajstić information content (AvgIpc) is 2.94. The third-order valence-corrected chi connectivity index (χ3v) is 7.43. The lowest BCUT2D eigenvalue weighted by Gasteiger charge is -2.43. The molecule has 0 saturated carbocycles. The van der Waals surface area contributed by atoms with E-state index in [9.17, 15) is 19.8 Å². The van der Waals surface area contributed by atoms with Gasteiger partial charge in [-0.3, -0.25) is 10.2 Å². The predicted octanol–water partition coefficient (Wildman–Crippen LogP) is 4.30. The number of nitrogens with two attached hydrogens (primary N) is 1. The molecule has 3 rings (SSSR count). The molecule has 0 aliphatic carbocycles. The van der Waals surface area contributed by atoms with Crippen molar-refractivity contribution in [3.05, 3.63) is 70.4 Å². The van der Waals surface area contributed by atoms with E-state index >= 15 is 0 Å². The predicted molar refractivity (Wildman–Crippen MR) is 152 cm³/mol. The number of aliphatic hydroxyl groups is 2. The van der Waals surface area contributed by atoms with Crippen LogP contribution in [0.25, 0.3) is 11.1 Å². The summed E-state index contributed by atoms with van der Waals surface area (Å²) in [7, 11) is 1.29. The molecular formula is C29H37ClN4O5. The molecule has 0 radical (unpaired) electrons. The van der Waals surface area contributed by atoms with Crippen LogP contribution in [0.4, 0.5) is 4.79 Å². The molecule has 10 heteroatoms. The van der Waals surface area contributed by atoms with Crippen molar-refractivity contribution < 1.29 is 24.5 Å². The van der Waals surface area contributed by atoms with Gasteiger partial charge in [-0.05, 0) is 49.8 Å². The van der Waals surface area contributed by atoms with Gasteiger partial charge in [0.2, 0.25) is 0 Å². The van der Waals surface area contributed by atoms with Crippen molar-refractivity contribution in [2.45, 2.75) is 38.2 Å². The van der Waals surface area contributed by atoms with E-state index in [1.54, 1.807) is 12.1 Å². The highest BCUT2D eigenvalue weighted by molar-refractivity contribution is 6.42. The van der Waals surface area contributed by atoms with E-state index in [1.807, 2.05) is 37.3 Å². The van der Waals surface area contributed by atoms with E-state index in [0.29, 0.717) is 42.9 Å². The van der Waals surface area contributed by atoms with E-state index in [0.717, 1.165) is 22.8 Å². The number of piperidine rings is 1. The standard InChI is InChI=1S/C29H37ClN4O5/c1-19-7-3-8-20(15-19)26-23(10-4-11-24(26)30)29(38,12-6-13-33-28(37)39-2)21-9-5-14-34(18-21)27(36)25(32)16-22(35)17-31/h3-4,7-8,10-11,15-16,21,32,35,38H,5-6,9,12-14,17-18,31H2,1-2H3,(H,33,37)/b22-16-,32-25?/t21-,29+/m1/s1. The Kier molecular flexibility index (Phi) is 10.5. The first kappa shape index (κ1) is 30.1. The van der Waals surface area contributed by atoms with Crippen LogP contribution < -0.4 is 11.1 Å². The number of rotatable bonds is 10. The summed E-state index contributed by atoms with van der Waals surface area (Å²) in [5, 5.41) is 33.5. The summed E-state index contributed by atoms with van der Waals surface area (Å²) in [6, 6.07) is 13.3. The Bertz CT molecular complexity index is 1230. The van der Waals surface area contributed by atoms with Crippen LogP contribution in [-0.2, 0) is 15.1 Å². The van der Waals surface area contributed by atoms with Crippen LogP contribution in [0.15, 0.2) is 54.3 Å². The lowest BCUT2D eigenvalue weighted by molar-refractivity contribution is -0.129. The summed E-state index contributed by atoms with van der Waals surface area (Å²) in [5.41, 5.74) is 6.91. The summed E-state index contributed by atoms with van der Waals surface area (Å²) in [4.78, 5) is 26.2. The zero-order valence-electron chi connectivity index (χ0n) is 22.4. The topological polar surface area (TPSA) is 149 Å². The molecule has 2 aromatic rings. The van der Waals surface area contributed by atoms with Gasteiger partial charge < -0.3 is 30.9 Å². The summed E-state index contributed by atoms with van der Waals surface area (Å²) < 4.78 is 4.66. The Morgan fingerprint density at radius 3 is 2.74 bits per heavy atom. The van der Waals surface area contributed by atoms with E-state index < -0.39 is 17.6 Å². The quantitative estimate of drug-likeness (QED) is 0.167. The number of aryl methyl sites for hydroxylation is 1. The molecule has 1 aliphatic heterocycles. The summed E-state index contributed by atoms with van der Waals surface area (Å²) in [6.45, 7) is 2.74. The minimum absolute atomic E-state index is 0.172. The van der Waals surface area contributed by atoms with Crippen LogP contribution in [0.2, 0.25) is 5.02 Å². The van der Waals surface area contributed by atoms with Gasteiger partial charge in [0, 0.05) is 42.2 Å². The second-order valence-electron chi connectivity index (χ2n) is 9.82. The van der Waals surface area contributed by atoms with Gasteiger partial charge >= 0.3 is 6.09 Å². The Morgan fingerprint density at radius 1 is 1.31 bits per heavy atom. The minimum atomic E-state index is -1.40. The maximum absolute atomic E-state index is 13.0. The molecule has 39 heavy (non-hydrogen) atoms. The first-order valence-electron chi connectivity index (χ1n) is 13.0. The number of carbonyl (C=O) groups excluding carboxylic acids is 2. The number of carbonyl (C=O) groups is 2. The van der Waals surface area contributed by atoms with Crippen molar-refractivity contribution in [3.8, 4) is 11.1 Å². The molecule has 1 fully saturated rings. The summed E-state index contributed by atoms with van der Waals surface area (Å²) in [6.07, 6.45) is 2.50. The molecule has 0 aromatic heterocycles. The zero-order chi connectivity index (χ0) is 28.6. The molecule has 0 spiro atoms. The SMILES string of the molecule is COC(=O)NCCC[C@@](O)(c1cccc(Cl)c1-c1cccc(C)c1)[C@@H]1CCCN(C(=O)C(=N)/C=C(\O)CN)C1. The molecule has 2 amide bonds. The molecule has 0 bridgehead atoms. The van der Waals surface area contributed by atoms with Crippen LogP contribution in [0.3, 0.4) is 0 Å². The maximum Gasteiger partial charge on any atom is 0.406 e. The van der Waals surface area contributed by atoms with E-state index in [2.05, 4.69) is 10.1 Å². The number of hydrogen-bond donors (Lipinski definition) is 5. The molecule has 6 N–H and O–H groups in total.